The van der Waals surface area contributed by atoms with E-state index in [-0.39, 0.29) is 0 Å². The number of aromatic nitrogens is 2. The second-order valence-electron chi connectivity index (χ2n) is 3.38. The summed E-state index contributed by atoms with van der Waals surface area (Å²) in [7, 11) is 0. The molecular weight excluding hydrogens is 299 g/mol. The summed E-state index contributed by atoms with van der Waals surface area (Å²) in [6.07, 6.45) is 1.79. The molecule has 0 amide bonds. The fraction of sp³-hybridized carbons (Fsp3) is 0. The highest BCUT2D eigenvalue weighted by molar-refractivity contribution is 14.1. The van der Waals surface area contributed by atoms with Crippen LogP contribution in [0.15, 0.2) is 42.6 Å². The maximum atomic E-state index is 4.45. The second-order valence-corrected chi connectivity index (χ2v) is 4.49. The predicted octanol–water partition coefficient (Wildman–Crippen LogP) is 3.39. The maximum absolute atomic E-state index is 4.45. The second kappa shape index (κ2) is 3.41. The average molecular weight is 306 g/mol. The lowest BCUT2D eigenvalue weighted by Crippen LogP contribution is -1.86. The average Bonchev–Trinajstić information content (AvgIpc) is 2.26. The Hall–Kier alpha value is -1.23. The van der Waals surface area contributed by atoms with Crippen LogP contribution in [0, 0.1) is 3.70 Å². The van der Waals surface area contributed by atoms with Crippen LogP contribution in [0.1, 0.15) is 0 Å². The predicted molar refractivity (Wildman–Crippen MR) is 69.8 cm³/mol. The van der Waals surface area contributed by atoms with Gasteiger partial charge in [-0.25, -0.2) is 4.98 Å². The van der Waals surface area contributed by atoms with E-state index in [4.69, 9.17) is 0 Å². The van der Waals surface area contributed by atoms with Crippen LogP contribution < -0.4 is 0 Å². The molecule has 0 fully saturated rings. The lowest BCUT2D eigenvalue weighted by Gasteiger charge is -2.00. The lowest BCUT2D eigenvalue weighted by atomic mass is 10.1. The third kappa shape index (κ3) is 1.56. The molecule has 0 radical (unpaired) electrons. The number of halogens is 1. The molecule has 0 bridgehead atoms. The molecule has 3 heteroatoms. The Morgan fingerprint density at radius 1 is 0.933 bits per heavy atom. The lowest BCUT2D eigenvalue weighted by molar-refractivity contribution is 1.25. The van der Waals surface area contributed by atoms with E-state index in [0.717, 1.165) is 14.7 Å². The highest BCUT2D eigenvalue weighted by atomic mass is 127. The molecule has 0 N–H and O–H groups in total. The maximum Gasteiger partial charge on any atom is 0.120 e. The minimum Gasteiger partial charge on any atom is -0.252 e. The summed E-state index contributed by atoms with van der Waals surface area (Å²) in [5.41, 5.74) is 1.91. The van der Waals surface area contributed by atoms with Crippen molar-refractivity contribution in [3.8, 4) is 0 Å². The van der Waals surface area contributed by atoms with E-state index in [1.165, 1.54) is 10.8 Å². The molecule has 0 aliphatic heterocycles. The van der Waals surface area contributed by atoms with Gasteiger partial charge in [0.1, 0.15) is 3.70 Å². The summed E-state index contributed by atoms with van der Waals surface area (Å²) in [5.74, 6) is 0. The van der Waals surface area contributed by atoms with Crippen LogP contribution in [0.25, 0.3) is 21.8 Å². The Morgan fingerprint density at radius 3 is 2.33 bits per heavy atom. The van der Waals surface area contributed by atoms with Crippen molar-refractivity contribution in [1.82, 2.24) is 9.97 Å². The third-order valence-corrected chi connectivity index (χ3v) is 2.90. The first-order chi connectivity index (χ1) is 7.33. The Morgan fingerprint density at radius 2 is 1.60 bits per heavy atom. The minimum absolute atomic E-state index is 0.926. The van der Waals surface area contributed by atoms with Gasteiger partial charge in [-0.2, -0.15) is 0 Å². The first-order valence-corrected chi connectivity index (χ1v) is 5.72. The van der Waals surface area contributed by atoms with Crippen LogP contribution in [0.4, 0.5) is 0 Å². The monoisotopic (exact) mass is 306 g/mol. The third-order valence-electron chi connectivity index (χ3n) is 2.38. The first kappa shape index (κ1) is 9.03. The first-order valence-electron chi connectivity index (χ1n) is 4.64. The summed E-state index contributed by atoms with van der Waals surface area (Å²) < 4.78 is 0.926. The van der Waals surface area contributed by atoms with Gasteiger partial charge < -0.3 is 0 Å². The summed E-state index contributed by atoms with van der Waals surface area (Å²) in [6, 6.07) is 12.4. The van der Waals surface area contributed by atoms with Crippen molar-refractivity contribution in [2.75, 3.05) is 0 Å². The zero-order chi connectivity index (χ0) is 10.3. The molecule has 2 nitrogen and oxygen atoms in total. The van der Waals surface area contributed by atoms with Crippen molar-refractivity contribution in [3.05, 3.63) is 46.3 Å². The van der Waals surface area contributed by atoms with Crippen molar-refractivity contribution < 1.29 is 0 Å². The van der Waals surface area contributed by atoms with Gasteiger partial charge in [-0.05, 0) is 45.5 Å². The van der Waals surface area contributed by atoms with Gasteiger partial charge in [-0.3, -0.25) is 4.98 Å². The summed E-state index contributed by atoms with van der Waals surface area (Å²) >= 11 is 2.18. The summed E-state index contributed by atoms with van der Waals surface area (Å²) in [4.78, 5) is 8.81. The largest absolute Gasteiger partial charge is 0.252 e. The van der Waals surface area contributed by atoms with E-state index in [9.17, 15) is 0 Å². The van der Waals surface area contributed by atoms with E-state index in [0.29, 0.717) is 0 Å². The normalized spacial score (nSPS) is 11.0. The van der Waals surface area contributed by atoms with Crippen LogP contribution in [0.5, 0.6) is 0 Å². The van der Waals surface area contributed by atoms with Gasteiger partial charge in [0.2, 0.25) is 0 Å². The van der Waals surface area contributed by atoms with Gasteiger partial charge in [-0.15, -0.1) is 0 Å². The van der Waals surface area contributed by atoms with Gasteiger partial charge in [-0.1, -0.05) is 24.3 Å². The van der Waals surface area contributed by atoms with Crippen LogP contribution in [-0.4, -0.2) is 9.97 Å². The molecule has 2 aromatic carbocycles. The molecule has 0 unspecified atom stereocenters. The van der Waals surface area contributed by atoms with Gasteiger partial charge in [0.05, 0.1) is 17.2 Å². The Kier molecular flexibility index (Phi) is 2.05. The molecule has 0 spiro atoms. The number of fused-ring (bicyclic) bond motifs is 2. The molecule has 3 rings (SSSR count). The van der Waals surface area contributed by atoms with E-state index in [1.54, 1.807) is 6.20 Å². The van der Waals surface area contributed by atoms with E-state index < -0.39 is 0 Å². The molecule has 15 heavy (non-hydrogen) atoms. The standard InChI is InChI=1S/C12H7IN2/c13-12-7-14-10-5-8-3-1-2-4-9(8)6-11(10)15-12/h1-7H. The quantitative estimate of drug-likeness (QED) is 0.470. The van der Waals surface area contributed by atoms with Crippen molar-refractivity contribution in [1.29, 1.82) is 0 Å². The van der Waals surface area contributed by atoms with Gasteiger partial charge in [0.25, 0.3) is 0 Å². The summed E-state index contributed by atoms with van der Waals surface area (Å²) in [6.45, 7) is 0. The van der Waals surface area contributed by atoms with Crippen LogP contribution in [0.3, 0.4) is 0 Å². The van der Waals surface area contributed by atoms with Crippen LogP contribution in [0.2, 0.25) is 0 Å². The Labute approximate surface area is 100 Å². The van der Waals surface area contributed by atoms with Gasteiger partial charge in [0.15, 0.2) is 0 Å². The minimum atomic E-state index is 0.926. The Balaban J connectivity index is 2.47. The molecule has 3 aromatic rings. The molecule has 1 aromatic heterocycles. The fourth-order valence-corrected chi connectivity index (χ4v) is 2.08. The number of nitrogens with zero attached hydrogens (tertiary/aromatic N) is 2. The van der Waals surface area contributed by atoms with Crippen LogP contribution >= 0.6 is 22.6 Å². The zero-order valence-electron chi connectivity index (χ0n) is 7.81. The summed E-state index contributed by atoms with van der Waals surface area (Å²) in [5, 5.41) is 2.42. The van der Waals surface area contributed by atoms with Crippen molar-refractivity contribution in [2.45, 2.75) is 0 Å². The number of hydrogen-bond donors (Lipinski definition) is 0. The van der Waals surface area contributed by atoms with Crippen molar-refractivity contribution >= 4 is 44.4 Å². The SMILES string of the molecule is Ic1cnc2cc3ccccc3cc2n1. The molecule has 72 valence electrons. The molecule has 0 atom stereocenters. The van der Waals surface area contributed by atoms with E-state index in [1.807, 2.05) is 12.1 Å². The smallest absolute Gasteiger partial charge is 0.120 e. The molecule has 0 aliphatic carbocycles. The van der Waals surface area contributed by atoms with Crippen molar-refractivity contribution in [3.63, 3.8) is 0 Å². The topological polar surface area (TPSA) is 25.8 Å². The van der Waals surface area contributed by atoms with Gasteiger partial charge in [0, 0.05) is 0 Å². The number of benzene rings is 2. The van der Waals surface area contributed by atoms with Gasteiger partial charge >= 0.3 is 0 Å². The number of rotatable bonds is 0. The van der Waals surface area contributed by atoms with Crippen LogP contribution in [-0.2, 0) is 0 Å². The fourth-order valence-electron chi connectivity index (χ4n) is 1.68. The highest BCUT2D eigenvalue weighted by Gasteiger charge is 2.00. The molecular formula is C12H7IN2. The highest BCUT2D eigenvalue weighted by Crippen LogP contribution is 2.20. The molecule has 1 heterocycles. The van der Waals surface area contributed by atoms with Crippen molar-refractivity contribution in [2.24, 2.45) is 0 Å². The Bertz CT molecular complexity index is 649. The number of hydrogen-bond acceptors (Lipinski definition) is 2. The van der Waals surface area contributed by atoms with E-state index in [2.05, 4.69) is 56.8 Å². The molecule has 0 saturated heterocycles. The zero-order valence-corrected chi connectivity index (χ0v) is 9.97. The molecule has 0 aliphatic rings. The molecule has 0 saturated carbocycles. The van der Waals surface area contributed by atoms with E-state index >= 15 is 0 Å².